The summed E-state index contributed by atoms with van der Waals surface area (Å²) >= 11 is 6.08. The van der Waals surface area contributed by atoms with E-state index in [9.17, 15) is 0 Å². The zero-order valence-electron chi connectivity index (χ0n) is 16.7. The van der Waals surface area contributed by atoms with Crippen molar-refractivity contribution >= 4 is 34.0 Å². The average molecular weight is 416 g/mol. The van der Waals surface area contributed by atoms with E-state index in [1.165, 1.54) is 0 Å². The van der Waals surface area contributed by atoms with Crippen LogP contribution in [-0.2, 0) is 13.0 Å². The van der Waals surface area contributed by atoms with E-state index in [2.05, 4.69) is 45.0 Å². The Labute approximate surface area is 180 Å². The Kier molecular flexibility index (Phi) is 5.63. The van der Waals surface area contributed by atoms with Crippen molar-refractivity contribution in [1.82, 2.24) is 20.3 Å². The van der Waals surface area contributed by atoms with Crippen LogP contribution < -0.4 is 11.1 Å². The van der Waals surface area contributed by atoms with E-state index in [-0.39, 0.29) is 0 Å². The molecule has 0 aliphatic heterocycles. The summed E-state index contributed by atoms with van der Waals surface area (Å²) in [7, 11) is 0. The molecular formula is C24H22ClN5. The van der Waals surface area contributed by atoms with Gasteiger partial charge in [-0.05, 0) is 60.0 Å². The van der Waals surface area contributed by atoms with Gasteiger partial charge in [0.15, 0.2) is 0 Å². The molecule has 6 heteroatoms. The molecule has 0 aliphatic carbocycles. The molecule has 3 N–H and O–H groups in total. The average Bonchev–Trinajstić information content (AvgIpc) is 2.73. The van der Waals surface area contributed by atoms with Gasteiger partial charge in [-0.25, -0.2) is 4.98 Å². The molecule has 30 heavy (non-hydrogen) atoms. The number of anilines is 1. The number of nitrogens with zero attached hydrogens (tertiary/aromatic N) is 3. The molecular weight excluding hydrogens is 394 g/mol. The maximum absolute atomic E-state index is 6.08. The van der Waals surface area contributed by atoms with Crippen molar-refractivity contribution in [1.29, 1.82) is 0 Å². The lowest BCUT2D eigenvalue weighted by Gasteiger charge is -2.12. The van der Waals surface area contributed by atoms with Crippen LogP contribution in [0.1, 0.15) is 27.9 Å². The molecule has 150 valence electrons. The van der Waals surface area contributed by atoms with Gasteiger partial charge in [0.2, 0.25) is 0 Å². The molecule has 0 saturated heterocycles. The van der Waals surface area contributed by atoms with Crippen molar-refractivity contribution < 1.29 is 0 Å². The zero-order chi connectivity index (χ0) is 21.1. The standard InChI is InChI=1S/C24H22ClN5/c1-15-7-24(26)30-13-20(15)12-28-16(2)18-5-6-27-22(11-18)9-17-3-4-23-19(8-17)10-21(25)14-29-23/h3-8,10-11,13-14,28H,2,9,12H2,1H3,(H2,26,30). The van der Waals surface area contributed by atoms with Crippen molar-refractivity contribution in [2.24, 2.45) is 0 Å². The van der Waals surface area contributed by atoms with Gasteiger partial charge in [0.05, 0.1) is 10.5 Å². The van der Waals surface area contributed by atoms with Gasteiger partial charge in [-0.1, -0.05) is 24.2 Å². The second-order valence-corrected chi connectivity index (χ2v) is 7.70. The molecule has 3 aromatic heterocycles. The highest BCUT2D eigenvalue weighted by molar-refractivity contribution is 6.31. The molecule has 0 spiro atoms. The number of nitrogens with two attached hydrogens (primary N) is 1. The summed E-state index contributed by atoms with van der Waals surface area (Å²) in [5, 5.41) is 5.03. The van der Waals surface area contributed by atoms with E-state index >= 15 is 0 Å². The number of halogens is 1. The minimum absolute atomic E-state index is 0.528. The lowest BCUT2D eigenvalue weighted by atomic mass is 10.0. The molecule has 4 rings (SSSR count). The summed E-state index contributed by atoms with van der Waals surface area (Å²) < 4.78 is 0. The fourth-order valence-electron chi connectivity index (χ4n) is 3.33. The highest BCUT2D eigenvalue weighted by Crippen LogP contribution is 2.20. The smallest absolute Gasteiger partial charge is 0.123 e. The maximum Gasteiger partial charge on any atom is 0.123 e. The highest BCUT2D eigenvalue weighted by atomic mass is 35.5. The van der Waals surface area contributed by atoms with Crippen molar-refractivity contribution in [2.75, 3.05) is 5.73 Å². The lowest BCUT2D eigenvalue weighted by Crippen LogP contribution is -2.13. The van der Waals surface area contributed by atoms with Gasteiger partial charge < -0.3 is 11.1 Å². The predicted molar refractivity (Wildman–Crippen MR) is 123 cm³/mol. The third kappa shape index (κ3) is 4.58. The summed E-state index contributed by atoms with van der Waals surface area (Å²) in [6.07, 6.45) is 5.98. The number of rotatable bonds is 6. The summed E-state index contributed by atoms with van der Waals surface area (Å²) in [5.74, 6) is 0.528. The van der Waals surface area contributed by atoms with Crippen LogP contribution in [0.25, 0.3) is 16.6 Å². The number of aromatic nitrogens is 3. The van der Waals surface area contributed by atoms with Crippen LogP contribution in [-0.4, -0.2) is 15.0 Å². The Morgan fingerprint density at radius 2 is 1.93 bits per heavy atom. The molecule has 3 heterocycles. The molecule has 1 aromatic carbocycles. The Balaban J connectivity index is 1.47. The van der Waals surface area contributed by atoms with Crippen molar-refractivity contribution in [3.8, 4) is 0 Å². The van der Waals surface area contributed by atoms with Crippen LogP contribution in [0, 0.1) is 6.92 Å². The second kappa shape index (κ2) is 8.51. The van der Waals surface area contributed by atoms with E-state index in [1.807, 2.05) is 37.4 Å². The third-order valence-corrected chi connectivity index (χ3v) is 5.20. The number of nitrogen functional groups attached to an aromatic ring is 1. The number of nitrogens with one attached hydrogen (secondary N) is 1. The summed E-state index contributed by atoms with van der Waals surface area (Å²) in [4.78, 5) is 13.0. The van der Waals surface area contributed by atoms with Gasteiger partial charge >= 0.3 is 0 Å². The normalized spacial score (nSPS) is 10.9. The molecule has 0 amide bonds. The summed E-state index contributed by atoms with van der Waals surface area (Å²) in [6.45, 7) is 6.83. The number of fused-ring (bicyclic) bond motifs is 1. The van der Waals surface area contributed by atoms with Crippen molar-refractivity contribution in [2.45, 2.75) is 19.9 Å². The highest BCUT2D eigenvalue weighted by Gasteiger charge is 2.06. The van der Waals surface area contributed by atoms with E-state index in [1.54, 1.807) is 12.4 Å². The first-order valence-electron chi connectivity index (χ1n) is 9.61. The molecule has 0 fully saturated rings. The van der Waals surface area contributed by atoms with Crippen LogP contribution in [0.15, 0.2) is 67.6 Å². The van der Waals surface area contributed by atoms with Crippen LogP contribution in [0.3, 0.4) is 0 Å². The molecule has 5 nitrogen and oxygen atoms in total. The zero-order valence-corrected chi connectivity index (χ0v) is 17.4. The predicted octanol–water partition coefficient (Wildman–Crippen LogP) is 4.92. The number of hydrogen-bond acceptors (Lipinski definition) is 5. The molecule has 0 bridgehead atoms. The molecule has 0 saturated carbocycles. The van der Waals surface area contributed by atoms with Crippen LogP contribution >= 0.6 is 11.6 Å². The number of aryl methyl sites for hydroxylation is 1. The first-order valence-corrected chi connectivity index (χ1v) is 9.99. The second-order valence-electron chi connectivity index (χ2n) is 7.26. The maximum atomic E-state index is 6.08. The van der Waals surface area contributed by atoms with Crippen LogP contribution in [0.2, 0.25) is 5.02 Å². The van der Waals surface area contributed by atoms with Crippen molar-refractivity contribution in [3.05, 3.63) is 101 Å². The topological polar surface area (TPSA) is 76.7 Å². The van der Waals surface area contributed by atoms with Gasteiger partial charge in [0.25, 0.3) is 0 Å². The summed E-state index contributed by atoms with van der Waals surface area (Å²) in [6, 6.07) is 14.0. The fourth-order valence-corrected chi connectivity index (χ4v) is 3.50. The molecule has 0 radical (unpaired) electrons. The van der Waals surface area contributed by atoms with Gasteiger partial charge in [-0.2, -0.15) is 0 Å². The van der Waals surface area contributed by atoms with Gasteiger partial charge in [0, 0.05) is 53.9 Å². The minimum atomic E-state index is 0.528. The minimum Gasteiger partial charge on any atom is -0.384 e. The fraction of sp³-hybridized carbons (Fsp3) is 0.125. The lowest BCUT2D eigenvalue weighted by molar-refractivity contribution is 0.875. The SMILES string of the molecule is C=C(NCc1cnc(N)cc1C)c1ccnc(Cc2ccc3ncc(Cl)cc3c2)c1. The van der Waals surface area contributed by atoms with E-state index in [0.717, 1.165) is 44.5 Å². The summed E-state index contributed by atoms with van der Waals surface area (Å²) in [5.41, 5.74) is 12.8. The van der Waals surface area contributed by atoms with Crippen LogP contribution in [0.5, 0.6) is 0 Å². The Bertz CT molecular complexity index is 1240. The van der Waals surface area contributed by atoms with Gasteiger partial charge in [-0.15, -0.1) is 0 Å². The molecule has 4 aromatic rings. The van der Waals surface area contributed by atoms with Crippen LogP contribution in [0.4, 0.5) is 5.82 Å². The van der Waals surface area contributed by atoms with E-state index < -0.39 is 0 Å². The van der Waals surface area contributed by atoms with E-state index in [4.69, 9.17) is 17.3 Å². The molecule has 0 aliphatic rings. The first kappa shape index (κ1) is 19.9. The Morgan fingerprint density at radius 3 is 2.77 bits per heavy atom. The van der Waals surface area contributed by atoms with Gasteiger partial charge in [-0.3, -0.25) is 9.97 Å². The third-order valence-electron chi connectivity index (χ3n) is 5.00. The van der Waals surface area contributed by atoms with Crippen molar-refractivity contribution in [3.63, 3.8) is 0 Å². The first-order chi connectivity index (χ1) is 14.5. The van der Waals surface area contributed by atoms with E-state index in [0.29, 0.717) is 23.8 Å². The monoisotopic (exact) mass is 415 g/mol. The number of hydrogen-bond donors (Lipinski definition) is 2. The van der Waals surface area contributed by atoms with Gasteiger partial charge in [0.1, 0.15) is 5.82 Å². The quantitative estimate of drug-likeness (QED) is 0.467. The number of benzene rings is 1. The Hall–Kier alpha value is -3.44. The number of pyridine rings is 3. The molecule has 0 unspecified atom stereocenters. The molecule has 0 atom stereocenters. The Morgan fingerprint density at radius 1 is 1.07 bits per heavy atom. The largest absolute Gasteiger partial charge is 0.384 e.